The number of rotatable bonds is 6. The SMILES string of the molecule is C=C(C)C(=O)Nc1ccc(-c2nn3ncnc(N)c3c2-c2ccc(Oc3cccc(C)n3)c(F)c2)cc1. The van der Waals surface area contributed by atoms with Crippen LogP contribution in [0, 0.1) is 12.7 Å². The number of aromatic nitrogens is 5. The van der Waals surface area contributed by atoms with Gasteiger partial charge in [0.1, 0.15) is 17.5 Å². The summed E-state index contributed by atoms with van der Waals surface area (Å²) in [5, 5.41) is 11.5. The van der Waals surface area contributed by atoms with Crippen molar-refractivity contribution in [1.29, 1.82) is 0 Å². The smallest absolute Gasteiger partial charge is 0.250 e. The van der Waals surface area contributed by atoms with Crippen molar-refractivity contribution in [2.75, 3.05) is 11.1 Å². The number of aryl methyl sites for hydroxylation is 1. The summed E-state index contributed by atoms with van der Waals surface area (Å²) in [5.74, 6) is -0.345. The first kappa shape index (κ1) is 23.6. The van der Waals surface area contributed by atoms with Gasteiger partial charge in [-0.15, -0.1) is 14.8 Å². The van der Waals surface area contributed by atoms with Crippen LogP contribution in [0.2, 0.25) is 0 Å². The summed E-state index contributed by atoms with van der Waals surface area (Å²) in [4.78, 5) is 20.3. The molecule has 0 unspecified atom stereocenters. The molecule has 3 heterocycles. The highest BCUT2D eigenvalue weighted by molar-refractivity contribution is 6.03. The number of nitrogen functional groups attached to an aromatic ring is 1. The Morgan fingerprint density at radius 3 is 2.57 bits per heavy atom. The van der Waals surface area contributed by atoms with Crippen molar-refractivity contribution in [1.82, 2.24) is 24.8 Å². The summed E-state index contributed by atoms with van der Waals surface area (Å²) >= 11 is 0. The first-order chi connectivity index (χ1) is 17.8. The number of nitrogens with zero attached hydrogens (tertiary/aromatic N) is 5. The molecule has 0 aliphatic rings. The molecule has 0 radical (unpaired) electrons. The molecule has 1 amide bonds. The van der Waals surface area contributed by atoms with Crippen LogP contribution in [-0.2, 0) is 4.79 Å². The van der Waals surface area contributed by atoms with Crippen LogP contribution in [0.15, 0.2) is 79.1 Å². The summed E-state index contributed by atoms with van der Waals surface area (Å²) in [5.41, 5.74) is 10.6. The Morgan fingerprint density at radius 1 is 1.11 bits per heavy atom. The highest BCUT2D eigenvalue weighted by Gasteiger charge is 2.21. The second-order valence-electron chi connectivity index (χ2n) is 8.38. The topological polar surface area (TPSA) is 120 Å². The molecule has 0 spiro atoms. The quantitative estimate of drug-likeness (QED) is 0.311. The number of ether oxygens (including phenoxy) is 1. The van der Waals surface area contributed by atoms with Crippen molar-refractivity contribution < 1.29 is 13.9 Å². The Labute approximate surface area is 211 Å². The fraction of sp³-hybridized carbons (Fsp3) is 0.0741. The van der Waals surface area contributed by atoms with Crippen LogP contribution in [0.1, 0.15) is 12.6 Å². The standard InChI is InChI=1S/C27H22FN7O2/c1-15(2)27(36)33-19-10-7-17(8-11-19)24-23(25-26(29)30-14-31-35(25)34-24)18-9-12-21(20(28)13-18)37-22-6-4-5-16(3)32-22/h4-14H,1H2,2-3H3,(H,33,36)(H2,29,30,31). The lowest BCUT2D eigenvalue weighted by Crippen LogP contribution is -2.11. The van der Waals surface area contributed by atoms with Gasteiger partial charge in [-0.2, -0.15) is 0 Å². The van der Waals surface area contributed by atoms with Gasteiger partial charge >= 0.3 is 0 Å². The molecule has 0 saturated carbocycles. The van der Waals surface area contributed by atoms with E-state index >= 15 is 4.39 Å². The maximum Gasteiger partial charge on any atom is 0.250 e. The summed E-state index contributed by atoms with van der Waals surface area (Å²) in [6.07, 6.45) is 1.30. The number of hydrogen-bond acceptors (Lipinski definition) is 7. The van der Waals surface area contributed by atoms with Gasteiger partial charge in [0.25, 0.3) is 5.91 Å². The van der Waals surface area contributed by atoms with Crippen LogP contribution in [-0.4, -0.2) is 30.7 Å². The molecule has 0 aliphatic carbocycles. The number of carbonyl (C=O) groups is 1. The Morgan fingerprint density at radius 2 is 1.86 bits per heavy atom. The fourth-order valence-electron chi connectivity index (χ4n) is 3.77. The highest BCUT2D eigenvalue weighted by atomic mass is 19.1. The number of anilines is 2. The van der Waals surface area contributed by atoms with Crippen molar-refractivity contribution >= 4 is 22.9 Å². The number of nitrogens with two attached hydrogens (primary N) is 1. The molecule has 0 atom stereocenters. The normalized spacial score (nSPS) is 10.9. The molecule has 9 nitrogen and oxygen atoms in total. The second-order valence-corrected chi connectivity index (χ2v) is 8.38. The maximum atomic E-state index is 15.2. The minimum absolute atomic E-state index is 0.0294. The van der Waals surface area contributed by atoms with Gasteiger partial charge in [0.15, 0.2) is 17.4 Å². The van der Waals surface area contributed by atoms with Crippen LogP contribution in [0.25, 0.3) is 27.9 Å². The number of amides is 1. The zero-order valence-electron chi connectivity index (χ0n) is 20.1. The molecule has 0 bridgehead atoms. The second kappa shape index (κ2) is 9.50. The van der Waals surface area contributed by atoms with E-state index in [2.05, 4.69) is 32.1 Å². The molecular formula is C27H22FN7O2. The van der Waals surface area contributed by atoms with Crippen molar-refractivity contribution in [3.8, 4) is 34.0 Å². The van der Waals surface area contributed by atoms with Crippen molar-refractivity contribution in [2.45, 2.75) is 13.8 Å². The molecule has 37 heavy (non-hydrogen) atoms. The molecule has 5 aromatic rings. The zero-order chi connectivity index (χ0) is 26.1. The number of pyridine rings is 1. The molecule has 0 aliphatic heterocycles. The summed E-state index contributed by atoms with van der Waals surface area (Å²) in [6.45, 7) is 7.10. The van der Waals surface area contributed by atoms with Crippen LogP contribution in [0.5, 0.6) is 11.6 Å². The van der Waals surface area contributed by atoms with Gasteiger partial charge in [-0.1, -0.05) is 30.8 Å². The van der Waals surface area contributed by atoms with E-state index in [4.69, 9.17) is 10.5 Å². The molecule has 0 fully saturated rings. The summed E-state index contributed by atoms with van der Waals surface area (Å²) < 4.78 is 22.2. The molecule has 10 heteroatoms. The van der Waals surface area contributed by atoms with Crippen LogP contribution >= 0.6 is 0 Å². The van der Waals surface area contributed by atoms with Gasteiger partial charge in [-0.3, -0.25) is 4.79 Å². The maximum absolute atomic E-state index is 15.2. The van der Waals surface area contributed by atoms with E-state index in [9.17, 15) is 4.79 Å². The molecular weight excluding hydrogens is 473 g/mol. The van der Waals surface area contributed by atoms with Crippen molar-refractivity contribution in [3.63, 3.8) is 0 Å². The lowest BCUT2D eigenvalue weighted by molar-refractivity contribution is -0.112. The van der Waals surface area contributed by atoms with E-state index in [1.807, 2.05) is 13.0 Å². The van der Waals surface area contributed by atoms with Gasteiger partial charge in [0, 0.05) is 34.1 Å². The summed E-state index contributed by atoms with van der Waals surface area (Å²) in [7, 11) is 0. The van der Waals surface area contributed by atoms with Crippen LogP contribution in [0.4, 0.5) is 15.9 Å². The Balaban J connectivity index is 1.57. The van der Waals surface area contributed by atoms with Gasteiger partial charge < -0.3 is 15.8 Å². The molecule has 3 N–H and O–H groups in total. The minimum Gasteiger partial charge on any atom is -0.436 e. The molecule has 0 saturated heterocycles. The first-order valence-electron chi connectivity index (χ1n) is 11.3. The third-order valence-electron chi connectivity index (χ3n) is 5.57. The molecule has 184 valence electrons. The number of fused-ring (bicyclic) bond motifs is 1. The Kier molecular flexibility index (Phi) is 6.06. The number of hydrogen-bond donors (Lipinski definition) is 2. The molecule has 2 aromatic carbocycles. The average Bonchev–Trinajstić information content (AvgIpc) is 3.27. The lowest BCUT2D eigenvalue weighted by atomic mass is 9.99. The molecule has 5 rings (SSSR count). The van der Waals surface area contributed by atoms with Crippen LogP contribution < -0.4 is 15.8 Å². The summed E-state index contributed by atoms with van der Waals surface area (Å²) in [6, 6.07) is 16.9. The van der Waals surface area contributed by atoms with Gasteiger partial charge in [0.05, 0.1) is 0 Å². The number of halogens is 1. The third kappa shape index (κ3) is 4.72. The van der Waals surface area contributed by atoms with E-state index in [-0.39, 0.29) is 17.5 Å². The van der Waals surface area contributed by atoms with E-state index in [1.165, 1.54) is 23.1 Å². The zero-order valence-corrected chi connectivity index (χ0v) is 20.1. The number of nitrogens with one attached hydrogen (secondary N) is 1. The van der Waals surface area contributed by atoms with E-state index in [1.54, 1.807) is 49.4 Å². The van der Waals surface area contributed by atoms with E-state index < -0.39 is 5.82 Å². The average molecular weight is 496 g/mol. The van der Waals surface area contributed by atoms with Crippen molar-refractivity contribution in [3.05, 3.63) is 90.7 Å². The predicted octanol–water partition coefficient (Wildman–Crippen LogP) is 5.19. The third-order valence-corrected chi connectivity index (χ3v) is 5.57. The monoisotopic (exact) mass is 495 g/mol. The van der Waals surface area contributed by atoms with Crippen molar-refractivity contribution in [2.24, 2.45) is 0 Å². The number of carbonyl (C=O) groups excluding carboxylic acids is 1. The van der Waals surface area contributed by atoms with E-state index in [0.717, 1.165) is 5.69 Å². The fourth-order valence-corrected chi connectivity index (χ4v) is 3.77. The highest BCUT2D eigenvalue weighted by Crippen LogP contribution is 2.38. The predicted molar refractivity (Wildman–Crippen MR) is 139 cm³/mol. The Bertz CT molecular complexity index is 1660. The lowest BCUT2D eigenvalue weighted by Gasteiger charge is -2.10. The van der Waals surface area contributed by atoms with Crippen LogP contribution in [0.3, 0.4) is 0 Å². The molecule has 3 aromatic heterocycles. The largest absolute Gasteiger partial charge is 0.436 e. The van der Waals surface area contributed by atoms with Gasteiger partial charge in [-0.05, 0) is 49.7 Å². The minimum atomic E-state index is -0.584. The van der Waals surface area contributed by atoms with Gasteiger partial charge in [-0.25, -0.2) is 14.4 Å². The first-order valence-corrected chi connectivity index (χ1v) is 11.3. The Hall–Kier alpha value is -5.12. The van der Waals surface area contributed by atoms with E-state index in [0.29, 0.717) is 45.0 Å². The number of benzene rings is 2. The van der Waals surface area contributed by atoms with Gasteiger partial charge in [0.2, 0.25) is 5.88 Å².